The number of benzene rings is 2. The minimum absolute atomic E-state index is 0.0398. The van der Waals surface area contributed by atoms with Gasteiger partial charge in [-0.1, -0.05) is 41.9 Å². The molecule has 6 nitrogen and oxygen atoms in total. The molecular weight excluding hydrogens is 342 g/mol. The number of rotatable bonds is 6. The Hall–Kier alpha value is -2.54. The number of halogens is 1. The molecule has 7 heteroatoms. The van der Waals surface area contributed by atoms with Crippen molar-refractivity contribution in [3.63, 3.8) is 0 Å². The van der Waals surface area contributed by atoms with Gasteiger partial charge in [0.2, 0.25) is 0 Å². The van der Waals surface area contributed by atoms with E-state index in [4.69, 9.17) is 16.7 Å². The third-order valence-electron chi connectivity index (χ3n) is 4.03. The van der Waals surface area contributed by atoms with Gasteiger partial charge in [-0.05, 0) is 29.3 Å². The number of hydrogen-bond donors (Lipinski definition) is 4. The van der Waals surface area contributed by atoms with E-state index in [2.05, 4.69) is 10.3 Å². The van der Waals surface area contributed by atoms with Crippen LogP contribution in [0.3, 0.4) is 0 Å². The highest BCUT2D eigenvalue weighted by atomic mass is 35.5. The van der Waals surface area contributed by atoms with E-state index in [1.807, 2.05) is 36.4 Å². The van der Waals surface area contributed by atoms with Gasteiger partial charge in [0, 0.05) is 35.2 Å². The second-order valence-electron chi connectivity index (χ2n) is 5.72. The zero-order chi connectivity index (χ0) is 17.8. The van der Waals surface area contributed by atoms with Crippen LogP contribution in [0.1, 0.15) is 17.2 Å². The molecule has 0 aliphatic rings. The number of amides is 1. The van der Waals surface area contributed by atoms with Crippen molar-refractivity contribution in [2.75, 3.05) is 6.54 Å². The molecule has 1 heterocycles. The lowest BCUT2D eigenvalue weighted by molar-refractivity contribution is -0.135. The summed E-state index contributed by atoms with van der Waals surface area (Å²) in [7, 11) is 0. The van der Waals surface area contributed by atoms with Crippen molar-refractivity contribution in [3.05, 3.63) is 70.9 Å². The van der Waals surface area contributed by atoms with Crippen molar-refractivity contribution in [1.82, 2.24) is 15.4 Å². The molecular formula is C18H18ClN3O3. The summed E-state index contributed by atoms with van der Waals surface area (Å²) in [4.78, 5) is 14.1. The van der Waals surface area contributed by atoms with Crippen LogP contribution in [0.15, 0.2) is 54.7 Å². The molecule has 1 atom stereocenters. The number of nitrogens with zero attached hydrogens (tertiary/aromatic N) is 1. The van der Waals surface area contributed by atoms with Crippen molar-refractivity contribution >= 4 is 28.6 Å². The first-order valence-electron chi connectivity index (χ1n) is 7.77. The fourth-order valence-corrected chi connectivity index (χ4v) is 3.00. The number of carbonyl (C=O) groups is 1. The molecule has 1 aromatic heterocycles. The zero-order valence-corrected chi connectivity index (χ0v) is 14.1. The fourth-order valence-electron chi connectivity index (χ4n) is 2.83. The van der Waals surface area contributed by atoms with Crippen molar-refractivity contribution < 1.29 is 15.1 Å². The maximum Gasteiger partial charge on any atom is 0.404 e. The van der Waals surface area contributed by atoms with Gasteiger partial charge in [-0.2, -0.15) is 5.06 Å². The fraction of sp³-hybridized carbons (Fsp3) is 0.167. The van der Waals surface area contributed by atoms with Crippen LogP contribution in [-0.4, -0.2) is 33.0 Å². The Morgan fingerprint density at radius 3 is 2.72 bits per heavy atom. The van der Waals surface area contributed by atoms with E-state index in [0.29, 0.717) is 5.02 Å². The minimum Gasteiger partial charge on any atom is -0.465 e. The predicted molar refractivity (Wildman–Crippen MR) is 95.8 cm³/mol. The molecule has 0 spiro atoms. The van der Waals surface area contributed by atoms with Crippen LogP contribution >= 0.6 is 11.6 Å². The highest BCUT2D eigenvalue weighted by Crippen LogP contribution is 2.30. The van der Waals surface area contributed by atoms with Gasteiger partial charge < -0.3 is 20.6 Å². The molecule has 3 aromatic rings. The van der Waals surface area contributed by atoms with Gasteiger partial charge in [0.1, 0.15) is 0 Å². The number of hydrogen-bond acceptors (Lipinski definition) is 3. The molecule has 0 saturated heterocycles. The highest BCUT2D eigenvalue weighted by Gasteiger charge is 2.23. The smallest absolute Gasteiger partial charge is 0.404 e. The standard InChI is InChI=1S/C18H18ClN3O3/c19-13-6-7-16-14(8-13)15(9-20-16)17(10-21-18(23)24)22(25)11-12-4-2-1-3-5-12/h1-9,17,20-21,25H,10-11H2,(H,23,24). The van der Waals surface area contributed by atoms with Crippen LogP contribution in [0.4, 0.5) is 4.79 Å². The molecule has 0 saturated carbocycles. The molecule has 0 aliphatic carbocycles. The summed E-state index contributed by atoms with van der Waals surface area (Å²) in [5.41, 5.74) is 2.56. The van der Waals surface area contributed by atoms with Gasteiger partial charge >= 0.3 is 6.09 Å². The van der Waals surface area contributed by atoms with E-state index >= 15 is 0 Å². The number of fused-ring (bicyclic) bond motifs is 1. The number of nitrogens with one attached hydrogen (secondary N) is 2. The van der Waals surface area contributed by atoms with Crippen molar-refractivity contribution in [3.8, 4) is 0 Å². The second kappa shape index (κ2) is 7.57. The largest absolute Gasteiger partial charge is 0.465 e. The third-order valence-corrected chi connectivity index (χ3v) is 4.26. The van der Waals surface area contributed by atoms with Crippen LogP contribution in [0.2, 0.25) is 5.02 Å². The Bertz CT molecular complexity index is 866. The number of carboxylic acid groups (broad SMARTS) is 1. The SMILES string of the molecule is O=C(O)NCC(c1c[nH]c2ccc(Cl)cc12)N(O)Cc1ccccc1. The summed E-state index contributed by atoms with van der Waals surface area (Å²) in [5.74, 6) is 0. The van der Waals surface area contributed by atoms with Crippen molar-refractivity contribution in [2.45, 2.75) is 12.6 Å². The van der Waals surface area contributed by atoms with Crippen molar-refractivity contribution in [1.29, 1.82) is 0 Å². The van der Waals surface area contributed by atoms with Gasteiger partial charge in [0.15, 0.2) is 0 Å². The summed E-state index contributed by atoms with van der Waals surface area (Å²) in [5, 5.41) is 24.5. The van der Waals surface area contributed by atoms with E-state index in [0.717, 1.165) is 27.1 Å². The van der Waals surface area contributed by atoms with Gasteiger partial charge in [0.25, 0.3) is 0 Å². The van der Waals surface area contributed by atoms with Gasteiger partial charge in [-0.3, -0.25) is 0 Å². The molecule has 0 radical (unpaired) electrons. The Labute approximate surface area is 149 Å². The lowest BCUT2D eigenvalue weighted by Crippen LogP contribution is -2.35. The molecule has 0 aliphatic heterocycles. The average Bonchev–Trinajstić information content (AvgIpc) is 2.99. The van der Waals surface area contributed by atoms with Gasteiger partial charge in [-0.15, -0.1) is 0 Å². The third kappa shape index (κ3) is 4.11. The van der Waals surface area contributed by atoms with Gasteiger partial charge in [-0.25, -0.2) is 4.79 Å². The lowest BCUT2D eigenvalue weighted by atomic mass is 10.0. The number of aromatic amines is 1. The molecule has 130 valence electrons. The van der Waals surface area contributed by atoms with E-state index in [-0.39, 0.29) is 13.1 Å². The molecule has 4 N–H and O–H groups in total. The molecule has 2 aromatic carbocycles. The molecule has 0 bridgehead atoms. The van der Waals surface area contributed by atoms with Crippen LogP contribution in [0.25, 0.3) is 10.9 Å². The van der Waals surface area contributed by atoms with Crippen LogP contribution in [-0.2, 0) is 6.54 Å². The lowest BCUT2D eigenvalue weighted by Gasteiger charge is -2.26. The first-order chi connectivity index (χ1) is 12.0. The van der Waals surface area contributed by atoms with Crippen molar-refractivity contribution in [2.24, 2.45) is 0 Å². The normalized spacial score (nSPS) is 12.4. The summed E-state index contributed by atoms with van der Waals surface area (Å²) >= 11 is 6.09. The molecule has 3 rings (SSSR count). The average molecular weight is 360 g/mol. The Morgan fingerprint density at radius 1 is 1.24 bits per heavy atom. The second-order valence-corrected chi connectivity index (χ2v) is 6.16. The van der Waals surface area contributed by atoms with E-state index in [9.17, 15) is 10.0 Å². The summed E-state index contributed by atoms with van der Waals surface area (Å²) in [6.07, 6.45) is 0.625. The number of aromatic nitrogens is 1. The Kier molecular flexibility index (Phi) is 5.23. The quantitative estimate of drug-likeness (QED) is 0.500. The summed E-state index contributed by atoms with van der Waals surface area (Å²) in [6, 6.07) is 14.3. The Morgan fingerprint density at radius 2 is 2.00 bits per heavy atom. The molecule has 1 amide bonds. The number of H-pyrrole nitrogens is 1. The minimum atomic E-state index is -1.14. The monoisotopic (exact) mass is 359 g/mol. The summed E-state index contributed by atoms with van der Waals surface area (Å²) < 4.78 is 0. The van der Waals surface area contributed by atoms with E-state index < -0.39 is 12.1 Å². The molecule has 25 heavy (non-hydrogen) atoms. The Balaban J connectivity index is 1.92. The molecule has 0 fully saturated rings. The first kappa shape index (κ1) is 17.3. The first-order valence-corrected chi connectivity index (χ1v) is 8.15. The predicted octanol–water partition coefficient (Wildman–Crippen LogP) is 4.02. The summed E-state index contributed by atoms with van der Waals surface area (Å²) in [6.45, 7) is 0.304. The zero-order valence-electron chi connectivity index (χ0n) is 13.3. The van der Waals surface area contributed by atoms with Crippen LogP contribution in [0.5, 0.6) is 0 Å². The van der Waals surface area contributed by atoms with E-state index in [1.165, 1.54) is 0 Å². The highest BCUT2D eigenvalue weighted by molar-refractivity contribution is 6.31. The van der Waals surface area contributed by atoms with E-state index in [1.54, 1.807) is 18.3 Å². The maximum absolute atomic E-state index is 10.9. The number of hydroxylamine groups is 2. The van der Waals surface area contributed by atoms with Crippen LogP contribution < -0.4 is 5.32 Å². The topological polar surface area (TPSA) is 88.6 Å². The van der Waals surface area contributed by atoms with Gasteiger partial charge in [0.05, 0.1) is 6.04 Å². The molecule has 1 unspecified atom stereocenters. The maximum atomic E-state index is 10.9. The van der Waals surface area contributed by atoms with Crippen LogP contribution in [0, 0.1) is 0 Å².